The predicted molar refractivity (Wildman–Crippen MR) is 60.1 cm³/mol. The Labute approximate surface area is 86.4 Å². The van der Waals surface area contributed by atoms with Gasteiger partial charge >= 0.3 is 0 Å². The second-order valence-corrected chi connectivity index (χ2v) is 3.88. The van der Waals surface area contributed by atoms with Crippen molar-refractivity contribution < 1.29 is 4.18 Å². The molecule has 0 bridgehead atoms. The summed E-state index contributed by atoms with van der Waals surface area (Å²) in [5.41, 5.74) is 0. The molecule has 0 atom stereocenters. The van der Waals surface area contributed by atoms with Crippen LogP contribution in [0.25, 0.3) is 0 Å². The first kappa shape index (κ1) is 13.2. The highest BCUT2D eigenvalue weighted by Gasteiger charge is 2.00. The van der Waals surface area contributed by atoms with E-state index in [1.807, 2.05) is 6.26 Å². The van der Waals surface area contributed by atoms with Gasteiger partial charge < -0.3 is 14.4 Å². The standard InChI is InChI=1S/C9H22N2OS/c1-9(2)11(3)7-5-10-6-8-12-13-4/h9-10H,5-8H2,1-4H3. The highest BCUT2D eigenvalue weighted by Crippen LogP contribution is 1.92. The number of rotatable bonds is 8. The van der Waals surface area contributed by atoms with Gasteiger partial charge in [-0.15, -0.1) is 0 Å². The average molecular weight is 206 g/mol. The van der Waals surface area contributed by atoms with E-state index < -0.39 is 0 Å². The molecule has 0 unspecified atom stereocenters. The minimum atomic E-state index is 0.629. The van der Waals surface area contributed by atoms with Crippen molar-refractivity contribution in [3.63, 3.8) is 0 Å². The molecule has 0 aliphatic heterocycles. The van der Waals surface area contributed by atoms with Crippen molar-refractivity contribution in [2.45, 2.75) is 19.9 Å². The molecule has 0 aromatic heterocycles. The first-order valence-electron chi connectivity index (χ1n) is 4.75. The minimum absolute atomic E-state index is 0.629. The second kappa shape index (κ2) is 8.81. The smallest absolute Gasteiger partial charge is 0.0738 e. The van der Waals surface area contributed by atoms with Gasteiger partial charge in [-0.2, -0.15) is 0 Å². The zero-order valence-corrected chi connectivity index (χ0v) is 9.99. The summed E-state index contributed by atoms with van der Waals surface area (Å²) in [6.07, 6.45) is 1.94. The van der Waals surface area contributed by atoms with E-state index in [4.69, 9.17) is 4.18 Å². The maximum absolute atomic E-state index is 5.13. The van der Waals surface area contributed by atoms with Crippen LogP contribution < -0.4 is 5.32 Å². The van der Waals surface area contributed by atoms with Crippen molar-refractivity contribution in [2.24, 2.45) is 0 Å². The molecule has 0 aromatic carbocycles. The highest BCUT2D eigenvalue weighted by molar-refractivity contribution is 7.93. The van der Waals surface area contributed by atoms with E-state index in [-0.39, 0.29) is 0 Å². The van der Waals surface area contributed by atoms with E-state index in [2.05, 4.69) is 31.1 Å². The Hall–Kier alpha value is 0.230. The lowest BCUT2D eigenvalue weighted by Crippen LogP contribution is -2.34. The molecular weight excluding hydrogens is 184 g/mol. The number of hydrogen-bond acceptors (Lipinski definition) is 4. The molecule has 0 amide bonds. The summed E-state index contributed by atoms with van der Waals surface area (Å²) in [5.74, 6) is 0. The van der Waals surface area contributed by atoms with Gasteiger partial charge in [0.15, 0.2) is 0 Å². The van der Waals surface area contributed by atoms with Crippen LogP contribution in [0.1, 0.15) is 13.8 Å². The Morgan fingerprint density at radius 3 is 2.62 bits per heavy atom. The number of likely N-dealkylation sites (N-methyl/N-ethyl adjacent to an activating group) is 1. The third-order valence-corrected chi connectivity index (χ3v) is 2.41. The van der Waals surface area contributed by atoms with Crippen LogP contribution in [-0.4, -0.2) is 50.5 Å². The molecule has 0 heterocycles. The van der Waals surface area contributed by atoms with Crippen LogP contribution >= 0.6 is 12.0 Å². The molecule has 0 aliphatic rings. The van der Waals surface area contributed by atoms with Crippen molar-refractivity contribution in [1.82, 2.24) is 10.2 Å². The largest absolute Gasteiger partial charge is 0.314 e. The van der Waals surface area contributed by atoms with Gasteiger partial charge in [-0.1, -0.05) is 0 Å². The summed E-state index contributed by atoms with van der Waals surface area (Å²) in [7, 11) is 2.14. The summed E-state index contributed by atoms with van der Waals surface area (Å²) < 4.78 is 5.13. The lowest BCUT2D eigenvalue weighted by atomic mass is 10.3. The Morgan fingerprint density at radius 2 is 2.08 bits per heavy atom. The first-order valence-corrected chi connectivity index (χ1v) is 5.90. The summed E-state index contributed by atoms with van der Waals surface area (Å²) in [5, 5.41) is 3.33. The van der Waals surface area contributed by atoms with Crippen LogP contribution in [0, 0.1) is 0 Å². The van der Waals surface area contributed by atoms with E-state index in [0.717, 1.165) is 26.2 Å². The summed E-state index contributed by atoms with van der Waals surface area (Å²) >= 11 is 1.42. The quantitative estimate of drug-likeness (QED) is 0.476. The molecule has 13 heavy (non-hydrogen) atoms. The van der Waals surface area contributed by atoms with E-state index in [1.54, 1.807) is 0 Å². The van der Waals surface area contributed by atoms with Gasteiger partial charge in [0.2, 0.25) is 0 Å². The predicted octanol–water partition coefficient (Wildman–Crippen LogP) is 1.21. The van der Waals surface area contributed by atoms with Crippen molar-refractivity contribution in [3.8, 4) is 0 Å². The molecule has 0 saturated heterocycles. The number of nitrogens with one attached hydrogen (secondary N) is 1. The molecule has 0 spiro atoms. The Bertz CT molecular complexity index is 112. The van der Waals surface area contributed by atoms with Gasteiger partial charge in [0.25, 0.3) is 0 Å². The normalized spacial score (nSPS) is 11.5. The van der Waals surface area contributed by atoms with Crippen LogP contribution in [0.4, 0.5) is 0 Å². The molecule has 80 valence electrons. The van der Waals surface area contributed by atoms with Gasteiger partial charge in [-0.25, -0.2) is 0 Å². The SMILES string of the molecule is CSOCCNCCN(C)C(C)C. The zero-order chi connectivity index (χ0) is 10.1. The lowest BCUT2D eigenvalue weighted by Gasteiger charge is -2.20. The Morgan fingerprint density at radius 1 is 1.38 bits per heavy atom. The highest BCUT2D eigenvalue weighted by atomic mass is 32.2. The number of nitrogens with zero attached hydrogens (tertiary/aromatic N) is 1. The van der Waals surface area contributed by atoms with Crippen LogP contribution in [0.5, 0.6) is 0 Å². The lowest BCUT2D eigenvalue weighted by molar-refractivity contribution is 0.269. The molecular formula is C9H22N2OS. The third kappa shape index (κ3) is 8.56. The first-order chi connectivity index (χ1) is 6.18. The summed E-state index contributed by atoms with van der Waals surface area (Å²) in [6.45, 7) is 8.26. The summed E-state index contributed by atoms with van der Waals surface area (Å²) in [6, 6.07) is 0.629. The molecule has 1 N–H and O–H groups in total. The minimum Gasteiger partial charge on any atom is -0.314 e. The van der Waals surface area contributed by atoms with Gasteiger partial charge in [0.05, 0.1) is 6.61 Å². The number of hydrogen-bond donors (Lipinski definition) is 1. The van der Waals surface area contributed by atoms with Gasteiger partial charge in [0, 0.05) is 31.9 Å². The maximum atomic E-state index is 5.13. The Kier molecular flexibility index (Phi) is 8.97. The van der Waals surface area contributed by atoms with E-state index in [1.165, 1.54) is 12.0 Å². The molecule has 0 rings (SSSR count). The zero-order valence-electron chi connectivity index (χ0n) is 9.17. The van der Waals surface area contributed by atoms with Crippen LogP contribution in [0.2, 0.25) is 0 Å². The van der Waals surface area contributed by atoms with Gasteiger partial charge in [-0.3, -0.25) is 0 Å². The van der Waals surface area contributed by atoms with Crippen LogP contribution in [0.15, 0.2) is 0 Å². The van der Waals surface area contributed by atoms with E-state index >= 15 is 0 Å². The fourth-order valence-corrected chi connectivity index (χ4v) is 1.09. The van der Waals surface area contributed by atoms with Gasteiger partial charge in [0.1, 0.15) is 0 Å². The van der Waals surface area contributed by atoms with Crippen molar-refractivity contribution in [2.75, 3.05) is 39.5 Å². The average Bonchev–Trinajstić information content (AvgIpc) is 2.10. The molecule has 0 aliphatic carbocycles. The molecule has 0 saturated carbocycles. The third-order valence-electron chi connectivity index (χ3n) is 2.00. The Balaban J connectivity index is 3.07. The maximum Gasteiger partial charge on any atom is 0.0738 e. The van der Waals surface area contributed by atoms with Crippen molar-refractivity contribution in [1.29, 1.82) is 0 Å². The monoisotopic (exact) mass is 206 g/mol. The molecule has 0 radical (unpaired) electrons. The van der Waals surface area contributed by atoms with Gasteiger partial charge in [-0.05, 0) is 32.9 Å². The fourth-order valence-electron chi connectivity index (χ4n) is 0.836. The second-order valence-electron chi connectivity index (χ2n) is 3.31. The van der Waals surface area contributed by atoms with Crippen molar-refractivity contribution >= 4 is 12.0 Å². The molecule has 3 nitrogen and oxygen atoms in total. The molecule has 0 fully saturated rings. The summed E-state index contributed by atoms with van der Waals surface area (Å²) in [4.78, 5) is 2.32. The van der Waals surface area contributed by atoms with Crippen LogP contribution in [-0.2, 0) is 4.18 Å². The molecule has 4 heteroatoms. The van der Waals surface area contributed by atoms with Crippen molar-refractivity contribution in [3.05, 3.63) is 0 Å². The van der Waals surface area contributed by atoms with E-state index in [0.29, 0.717) is 6.04 Å². The van der Waals surface area contributed by atoms with Crippen LogP contribution in [0.3, 0.4) is 0 Å². The topological polar surface area (TPSA) is 24.5 Å². The fraction of sp³-hybridized carbons (Fsp3) is 1.00. The molecule has 0 aromatic rings. The van der Waals surface area contributed by atoms with E-state index in [9.17, 15) is 0 Å².